The van der Waals surface area contributed by atoms with Gasteiger partial charge >= 0.3 is 5.69 Å². The van der Waals surface area contributed by atoms with E-state index in [0.717, 1.165) is 12.0 Å². The lowest BCUT2D eigenvalue weighted by Gasteiger charge is -2.25. The van der Waals surface area contributed by atoms with E-state index in [1.165, 1.54) is 10.1 Å². The summed E-state index contributed by atoms with van der Waals surface area (Å²) in [4.78, 5) is 41.1. The summed E-state index contributed by atoms with van der Waals surface area (Å²) in [6.07, 6.45) is 0.978. The van der Waals surface area contributed by atoms with Crippen LogP contribution in [0.3, 0.4) is 0 Å². The molecule has 152 valence electrons. The summed E-state index contributed by atoms with van der Waals surface area (Å²) in [6, 6.07) is 15.1. The maximum atomic E-state index is 12.6. The number of nitrogens with one attached hydrogen (secondary N) is 2. The smallest absolute Gasteiger partial charge is 0.329 e. The van der Waals surface area contributed by atoms with Gasteiger partial charge in [0.05, 0.1) is 16.9 Å². The molecule has 2 N–H and O–H groups in total. The van der Waals surface area contributed by atoms with Crippen LogP contribution in [0.15, 0.2) is 58.1 Å². The van der Waals surface area contributed by atoms with Gasteiger partial charge in [0.25, 0.3) is 5.56 Å². The molecule has 2 aromatic carbocycles. The highest BCUT2D eigenvalue weighted by molar-refractivity contribution is 5.81. The molecule has 1 unspecified atom stereocenters. The monoisotopic (exact) mass is 394 g/mol. The second kappa shape index (κ2) is 8.87. The SMILES string of the molecule is CCc1ccc(C(CNC(=O)Cn2c(=O)[nH]c(=O)c3ccccc32)N(C)C)cc1. The lowest BCUT2D eigenvalue weighted by Crippen LogP contribution is -2.39. The molecule has 1 amide bonds. The number of para-hydroxylation sites is 1. The first-order chi connectivity index (χ1) is 13.9. The van der Waals surface area contributed by atoms with E-state index < -0.39 is 11.2 Å². The molecule has 0 saturated carbocycles. The molecule has 3 rings (SSSR count). The van der Waals surface area contributed by atoms with Crippen LogP contribution in [0.25, 0.3) is 10.9 Å². The Labute approximate surface area is 169 Å². The van der Waals surface area contributed by atoms with E-state index in [4.69, 9.17) is 0 Å². The third-order valence-corrected chi connectivity index (χ3v) is 5.10. The van der Waals surface area contributed by atoms with Gasteiger partial charge in [-0.15, -0.1) is 0 Å². The van der Waals surface area contributed by atoms with E-state index in [0.29, 0.717) is 17.4 Å². The van der Waals surface area contributed by atoms with Crippen molar-refractivity contribution in [3.63, 3.8) is 0 Å². The number of nitrogens with zero attached hydrogens (tertiary/aromatic N) is 2. The number of aromatic amines is 1. The Morgan fingerprint density at radius 3 is 2.45 bits per heavy atom. The van der Waals surface area contributed by atoms with Crippen molar-refractivity contribution in [1.29, 1.82) is 0 Å². The number of hydrogen-bond acceptors (Lipinski definition) is 4. The number of carbonyl (C=O) groups excluding carboxylic acids is 1. The molecule has 29 heavy (non-hydrogen) atoms. The third kappa shape index (κ3) is 4.63. The van der Waals surface area contributed by atoms with Crippen LogP contribution in [0.2, 0.25) is 0 Å². The number of hydrogen-bond donors (Lipinski definition) is 2. The summed E-state index contributed by atoms with van der Waals surface area (Å²) in [7, 11) is 3.93. The largest absolute Gasteiger partial charge is 0.353 e. The van der Waals surface area contributed by atoms with Gasteiger partial charge in [0.15, 0.2) is 0 Å². The number of H-pyrrole nitrogens is 1. The summed E-state index contributed by atoms with van der Waals surface area (Å²) in [6.45, 7) is 2.36. The highest BCUT2D eigenvalue weighted by atomic mass is 16.2. The third-order valence-electron chi connectivity index (χ3n) is 5.10. The Morgan fingerprint density at radius 1 is 1.10 bits per heavy atom. The average Bonchev–Trinajstić information content (AvgIpc) is 2.71. The molecule has 0 spiro atoms. The summed E-state index contributed by atoms with van der Waals surface area (Å²) >= 11 is 0. The predicted molar refractivity (Wildman–Crippen MR) is 114 cm³/mol. The molecule has 0 aliphatic carbocycles. The van der Waals surface area contributed by atoms with Crippen molar-refractivity contribution in [2.24, 2.45) is 0 Å². The first-order valence-corrected chi connectivity index (χ1v) is 9.64. The van der Waals surface area contributed by atoms with Crippen LogP contribution in [-0.2, 0) is 17.8 Å². The lowest BCUT2D eigenvalue weighted by molar-refractivity contribution is -0.121. The molecular formula is C22H26N4O3. The van der Waals surface area contributed by atoms with Gasteiger partial charge in [-0.25, -0.2) is 4.79 Å². The van der Waals surface area contributed by atoms with Crippen LogP contribution in [0, 0.1) is 0 Å². The molecule has 0 saturated heterocycles. The summed E-state index contributed by atoms with van der Waals surface area (Å²) < 4.78 is 1.28. The van der Waals surface area contributed by atoms with Crippen LogP contribution >= 0.6 is 0 Å². The van der Waals surface area contributed by atoms with Gasteiger partial charge in [0, 0.05) is 6.54 Å². The highest BCUT2D eigenvalue weighted by Gasteiger charge is 2.16. The minimum atomic E-state index is -0.594. The van der Waals surface area contributed by atoms with E-state index in [-0.39, 0.29) is 18.5 Å². The number of carbonyl (C=O) groups is 1. The zero-order valence-corrected chi connectivity index (χ0v) is 16.9. The zero-order chi connectivity index (χ0) is 21.0. The lowest BCUT2D eigenvalue weighted by atomic mass is 10.0. The fraction of sp³-hybridized carbons (Fsp3) is 0.318. The molecule has 7 nitrogen and oxygen atoms in total. The van der Waals surface area contributed by atoms with Crippen LogP contribution in [0.4, 0.5) is 0 Å². The second-order valence-electron chi connectivity index (χ2n) is 7.24. The molecule has 1 heterocycles. The maximum Gasteiger partial charge on any atom is 0.329 e. The second-order valence-corrected chi connectivity index (χ2v) is 7.24. The van der Waals surface area contributed by atoms with Gasteiger partial charge in [-0.3, -0.25) is 19.1 Å². The number of aromatic nitrogens is 2. The first kappa shape index (κ1) is 20.5. The number of amides is 1. The van der Waals surface area contributed by atoms with Crippen LogP contribution in [-0.4, -0.2) is 41.0 Å². The van der Waals surface area contributed by atoms with Crippen molar-refractivity contribution in [2.45, 2.75) is 25.9 Å². The van der Waals surface area contributed by atoms with E-state index >= 15 is 0 Å². The fourth-order valence-corrected chi connectivity index (χ4v) is 3.38. The molecule has 0 aliphatic heterocycles. The average molecular weight is 394 g/mol. The Kier molecular flexibility index (Phi) is 6.29. The molecule has 0 bridgehead atoms. The van der Waals surface area contributed by atoms with Crippen LogP contribution < -0.4 is 16.6 Å². The van der Waals surface area contributed by atoms with Gasteiger partial charge in [0.2, 0.25) is 5.91 Å². The van der Waals surface area contributed by atoms with Gasteiger partial charge < -0.3 is 10.2 Å². The highest BCUT2D eigenvalue weighted by Crippen LogP contribution is 2.18. The molecule has 0 aliphatic rings. The standard InChI is InChI=1S/C22H26N4O3/c1-4-15-9-11-16(12-10-15)19(25(2)3)13-23-20(27)14-26-18-8-6-5-7-17(18)21(28)24-22(26)29/h5-12,19H,4,13-14H2,1-3H3,(H,23,27)(H,24,28,29). The normalized spacial score (nSPS) is 12.3. The Hall–Kier alpha value is -3.19. The van der Waals surface area contributed by atoms with Gasteiger partial charge in [-0.1, -0.05) is 43.3 Å². The number of aryl methyl sites for hydroxylation is 1. The van der Waals surface area contributed by atoms with E-state index in [2.05, 4.69) is 41.5 Å². The number of rotatable bonds is 7. The van der Waals surface area contributed by atoms with Gasteiger partial charge in [0.1, 0.15) is 6.54 Å². The van der Waals surface area contributed by atoms with E-state index in [9.17, 15) is 14.4 Å². The summed E-state index contributed by atoms with van der Waals surface area (Å²) in [5.41, 5.74) is 1.77. The quantitative estimate of drug-likeness (QED) is 0.638. The minimum Gasteiger partial charge on any atom is -0.353 e. The Bertz CT molecular complexity index is 1110. The summed E-state index contributed by atoms with van der Waals surface area (Å²) in [5.74, 6) is -0.290. The topological polar surface area (TPSA) is 87.2 Å². The molecule has 1 atom stereocenters. The predicted octanol–water partition coefficient (Wildman–Crippen LogP) is 1.67. The molecule has 3 aromatic rings. The number of benzene rings is 2. The summed E-state index contributed by atoms with van der Waals surface area (Å²) in [5, 5.41) is 3.29. The van der Waals surface area contributed by atoms with E-state index in [1.54, 1.807) is 24.3 Å². The zero-order valence-electron chi connectivity index (χ0n) is 16.9. The van der Waals surface area contributed by atoms with Crippen molar-refractivity contribution in [3.8, 4) is 0 Å². The van der Waals surface area contributed by atoms with Gasteiger partial charge in [-0.2, -0.15) is 0 Å². The molecular weight excluding hydrogens is 368 g/mol. The maximum absolute atomic E-state index is 12.6. The van der Waals surface area contributed by atoms with Crippen molar-refractivity contribution in [3.05, 3.63) is 80.5 Å². The van der Waals surface area contributed by atoms with E-state index in [1.807, 2.05) is 19.0 Å². The fourth-order valence-electron chi connectivity index (χ4n) is 3.38. The minimum absolute atomic E-state index is 0.00824. The Morgan fingerprint density at radius 2 is 1.79 bits per heavy atom. The number of fused-ring (bicyclic) bond motifs is 1. The van der Waals surface area contributed by atoms with Crippen molar-refractivity contribution >= 4 is 16.8 Å². The van der Waals surface area contributed by atoms with Gasteiger partial charge in [-0.05, 0) is 43.8 Å². The molecule has 0 radical (unpaired) electrons. The van der Waals surface area contributed by atoms with Crippen molar-refractivity contribution < 1.29 is 4.79 Å². The van der Waals surface area contributed by atoms with Crippen molar-refractivity contribution in [1.82, 2.24) is 19.8 Å². The molecule has 7 heteroatoms. The molecule has 0 fully saturated rings. The molecule has 1 aromatic heterocycles. The van der Waals surface area contributed by atoms with Crippen molar-refractivity contribution in [2.75, 3.05) is 20.6 Å². The Balaban J connectivity index is 1.76. The number of likely N-dealkylation sites (N-methyl/N-ethyl adjacent to an activating group) is 1. The van der Waals surface area contributed by atoms with Crippen LogP contribution in [0.1, 0.15) is 24.1 Å². The van der Waals surface area contributed by atoms with Crippen LogP contribution in [0.5, 0.6) is 0 Å². The first-order valence-electron chi connectivity index (χ1n) is 9.64.